The summed E-state index contributed by atoms with van der Waals surface area (Å²) >= 11 is 0. The van der Waals surface area contributed by atoms with E-state index < -0.39 is 11.7 Å². The fraction of sp³-hybridized carbons (Fsp3) is 0.452. The van der Waals surface area contributed by atoms with Crippen LogP contribution >= 0.6 is 0 Å². The van der Waals surface area contributed by atoms with Crippen molar-refractivity contribution in [3.8, 4) is 11.6 Å². The van der Waals surface area contributed by atoms with Crippen LogP contribution in [0.15, 0.2) is 36.9 Å². The molecule has 6 heterocycles. The molecule has 0 bridgehead atoms. The molecule has 1 fully saturated rings. The second kappa shape index (κ2) is 12.7. The van der Waals surface area contributed by atoms with Crippen LogP contribution in [0.1, 0.15) is 53.5 Å². The molecule has 0 aromatic carbocycles. The molecule has 4 aromatic rings. The van der Waals surface area contributed by atoms with Crippen LogP contribution in [0.4, 0.5) is 13.2 Å². The van der Waals surface area contributed by atoms with E-state index in [2.05, 4.69) is 36.7 Å². The number of fused-ring (bicyclic) bond motifs is 2. The Labute approximate surface area is 258 Å². The second-order valence-electron chi connectivity index (χ2n) is 11.6. The number of aliphatic hydroxyl groups excluding tert-OH is 1. The Morgan fingerprint density at radius 1 is 1.07 bits per heavy atom. The van der Waals surface area contributed by atoms with Crippen LogP contribution in [-0.4, -0.2) is 89.9 Å². The van der Waals surface area contributed by atoms with Gasteiger partial charge in [0.25, 0.3) is 0 Å². The van der Waals surface area contributed by atoms with E-state index >= 15 is 0 Å². The summed E-state index contributed by atoms with van der Waals surface area (Å²) in [5.41, 5.74) is 2.11. The number of nitrogens with one attached hydrogen (secondary N) is 1. The van der Waals surface area contributed by atoms with E-state index in [1.165, 1.54) is 12.5 Å². The van der Waals surface area contributed by atoms with Crippen LogP contribution in [0.3, 0.4) is 0 Å². The average molecular weight is 625 g/mol. The number of amides is 1. The molecule has 4 aromatic heterocycles. The standard InChI is InChI=1S/C31H35F3N8O3/c1-3-40-4-6-41(7-5-40)16-26-25(31(32,33)34)8-20(12-35-26)9-27(44)42-14-19(2)28-21(15-42)10-23(13-36-28)45-30-24-11-22(17-43)39-29(24)37-18-38-30/h8,10-13,18-19,43H,3-7,9,14-17H2,1-2H3,(H,37,38,39). The molecule has 11 nitrogen and oxygen atoms in total. The van der Waals surface area contributed by atoms with Crippen LogP contribution in [0.2, 0.25) is 0 Å². The Bertz CT molecular complexity index is 1690. The van der Waals surface area contributed by atoms with Gasteiger partial charge in [0.15, 0.2) is 0 Å². The first-order valence-corrected chi connectivity index (χ1v) is 15.0. The molecule has 0 aliphatic carbocycles. The molecule has 1 amide bonds. The molecular weight excluding hydrogens is 589 g/mol. The molecule has 1 atom stereocenters. The van der Waals surface area contributed by atoms with E-state index in [4.69, 9.17) is 4.74 Å². The summed E-state index contributed by atoms with van der Waals surface area (Å²) in [6.07, 6.45) is -0.441. The van der Waals surface area contributed by atoms with Gasteiger partial charge in [-0.1, -0.05) is 13.8 Å². The number of hydrogen-bond acceptors (Lipinski definition) is 9. The van der Waals surface area contributed by atoms with Gasteiger partial charge in [-0.25, -0.2) is 9.97 Å². The Morgan fingerprint density at radius 2 is 1.84 bits per heavy atom. The number of aromatic nitrogens is 5. The quantitative estimate of drug-likeness (QED) is 0.301. The SMILES string of the molecule is CCN1CCN(Cc2ncc(CC(=O)N3Cc4cc(Oc5ncnc6[nH]c(CO)cc56)cnc4C(C)C3)cc2C(F)(F)F)CC1. The monoisotopic (exact) mass is 624 g/mol. The van der Waals surface area contributed by atoms with Gasteiger partial charge in [0.1, 0.15) is 17.7 Å². The third-order valence-electron chi connectivity index (χ3n) is 8.45. The van der Waals surface area contributed by atoms with E-state index in [1.807, 2.05) is 11.8 Å². The van der Waals surface area contributed by atoms with Gasteiger partial charge in [-0.05, 0) is 35.9 Å². The topological polar surface area (TPSA) is 124 Å². The fourth-order valence-electron chi connectivity index (χ4n) is 6.02. The van der Waals surface area contributed by atoms with Crippen LogP contribution in [0.5, 0.6) is 11.6 Å². The van der Waals surface area contributed by atoms with Gasteiger partial charge in [0.2, 0.25) is 11.8 Å². The minimum Gasteiger partial charge on any atom is -0.437 e. The summed E-state index contributed by atoms with van der Waals surface area (Å²) < 4.78 is 48.3. The third kappa shape index (κ3) is 6.77. The van der Waals surface area contributed by atoms with Gasteiger partial charge in [-0.15, -0.1) is 0 Å². The molecule has 0 saturated carbocycles. The lowest BCUT2D eigenvalue weighted by molar-refractivity contribution is -0.139. The number of hydrogen-bond donors (Lipinski definition) is 2. The van der Waals surface area contributed by atoms with Crippen molar-refractivity contribution in [3.05, 3.63) is 70.7 Å². The number of pyridine rings is 2. The average Bonchev–Trinajstić information content (AvgIpc) is 3.46. The molecular formula is C31H35F3N8O3. The summed E-state index contributed by atoms with van der Waals surface area (Å²) in [6.45, 7) is 8.49. The van der Waals surface area contributed by atoms with E-state index in [0.717, 1.165) is 37.0 Å². The summed E-state index contributed by atoms with van der Waals surface area (Å²) in [6, 6.07) is 4.57. The van der Waals surface area contributed by atoms with Crippen molar-refractivity contribution < 1.29 is 27.8 Å². The number of likely N-dealkylation sites (N-methyl/N-ethyl adjacent to an activating group) is 1. The first-order valence-electron chi connectivity index (χ1n) is 15.0. The van der Waals surface area contributed by atoms with E-state index in [9.17, 15) is 23.1 Å². The van der Waals surface area contributed by atoms with E-state index in [0.29, 0.717) is 42.1 Å². The minimum absolute atomic E-state index is 0.0176. The molecule has 45 heavy (non-hydrogen) atoms. The number of piperazine rings is 1. The summed E-state index contributed by atoms with van der Waals surface area (Å²) in [5.74, 6) is 0.314. The first kappa shape index (κ1) is 30.9. The maximum atomic E-state index is 14.1. The third-order valence-corrected chi connectivity index (χ3v) is 8.45. The minimum atomic E-state index is -4.58. The first-order chi connectivity index (χ1) is 21.6. The number of ether oxygens (including phenoxy) is 1. The number of aliphatic hydroxyl groups is 1. The Morgan fingerprint density at radius 3 is 2.58 bits per heavy atom. The number of nitrogens with zero attached hydrogens (tertiary/aromatic N) is 7. The lowest BCUT2D eigenvalue weighted by Gasteiger charge is -2.34. The van der Waals surface area contributed by atoms with Gasteiger partial charge < -0.3 is 24.6 Å². The van der Waals surface area contributed by atoms with Gasteiger partial charge in [0, 0.05) is 63.6 Å². The van der Waals surface area contributed by atoms with Crippen molar-refractivity contribution >= 4 is 16.9 Å². The summed E-state index contributed by atoms with van der Waals surface area (Å²) in [4.78, 5) is 39.5. The Kier molecular flexibility index (Phi) is 8.71. The van der Waals surface area contributed by atoms with Crippen LogP contribution in [0, 0.1) is 0 Å². The lowest BCUT2D eigenvalue weighted by atomic mass is 9.95. The van der Waals surface area contributed by atoms with Gasteiger partial charge in [-0.3, -0.25) is 19.7 Å². The zero-order chi connectivity index (χ0) is 31.7. The normalized spacial score (nSPS) is 17.9. The predicted molar refractivity (Wildman–Crippen MR) is 158 cm³/mol. The zero-order valence-electron chi connectivity index (χ0n) is 25.1. The van der Waals surface area contributed by atoms with Gasteiger partial charge >= 0.3 is 6.18 Å². The molecule has 2 N–H and O–H groups in total. The molecule has 2 aliphatic rings. The number of halogens is 3. The predicted octanol–water partition coefficient (Wildman–Crippen LogP) is 3.88. The smallest absolute Gasteiger partial charge is 0.418 e. The van der Waals surface area contributed by atoms with Crippen molar-refractivity contribution in [3.63, 3.8) is 0 Å². The number of carbonyl (C=O) groups is 1. The molecule has 0 radical (unpaired) electrons. The zero-order valence-corrected chi connectivity index (χ0v) is 25.1. The van der Waals surface area contributed by atoms with Crippen LogP contribution < -0.4 is 4.74 Å². The van der Waals surface area contributed by atoms with Crippen LogP contribution in [0.25, 0.3) is 11.0 Å². The van der Waals surface area contributed by atoms with Crippen molar-refractivity contribution in [2.45, 2.75) is 52.1 Å². The van der Waals surface area contributed by atoms with Crippen molar-refractivity contribution in [2.24, 2.45) is 0 Å². The fourth-order valence-corrected chi connectivity index (χ4v) is 6.02. The molecule has 2 aliphatic heterocycles. The number of carbonyl (C=O) groups excluding carboxylic acids is 1. The Balaban J connectivity index is 1.16. The highest BCUT2D eigenvalue weighted by atomic mass is 19.4. The number of H-pyrrole nitrogens is 1. The highest BCUT2D eigenvalue weighted by Gasteiger charge is 2.36. The highest BCUT2D eigenvalue weighted by molar-refractivity contribution is 5.82. The van der Waals surface area contributed by atoms with Crippen LogP contribution in [-0.2, 0) is 37.1 Å². The number of alkyl halides is 3. The number of aromatic amines is 1. The molecule has 1 saturated heterocycles. The maximum Gasteiger partial charge on any atom is 0.418 e. The molecule has 1 unspecified atom stereocenters. The molecule has 14 heteroatoms. The number of rotatable bonds is 8. The Hall–Kier alpha value is -4.14. The highest BCUT2D eigenvalue weighted by Crippen LogP contribution is 2.34. The van der Waals surface area contributed by atoms with Crippen molar-refractivity contribution in [2.75, 3.05) is 39.3 Å². The van der Waals surface area contributed by atoms with E-state index in [-0.39, 0.29) is 55.1 Å². The summed E-state index contributed by atoms with van der Waals surface area (Å²) in [5, 5.41) is 10.1. The summed E-state index contributed by atoms with van der Waals surface area (Å²) in [7, 11) is 0. The molecule has 238 valence electrons. The van der Waals surface area contributed by atoms with Crippen molar-refractivity contribution in [1.82, 2.24) is 39.6 Å². The second-order valence-corrected chi connectivity index (χ2v) is 11.6. The maximum absolute atomic E-state index is 14.1. The van der Waals surface area contributed by atoms with Gasteiger partial charge in [0.05, 0.1) is 41.6 Å². The molecule has 0 spiro atoms. The van der Waals surface area contributed by atoms with Crippen molar-refractivity contribution in [1.29, 1.82) is 0 Å². The van der Waals surface area contributed by atoms with E-state index in [1.54, 1.807) is 23.2 Å². The molecule has 6 rings (SSSR count). The lowest BCUT2D eigenvalue weighted by Crippen LogP contribution is -2.45. The largest absolute Gasteiger partial charge is 0.437 e. The van der Waals surface area contributed by atoms with Gasteiger partial charge in [-0.2, -0.15) is 13.2 Å².